The SMILES string of the molecule is CC(O)C1CCN(CC2CC2(F)F)C1. The van der Waals surface area contributed by atoms with Crippen molar-refractivity contribution in [2.75, 3.05) is 19.6 Å². The van der Waals surface area contributed by atoms with E-state index < -0.39 is 11.8 Å². The van der Waals surface area contributed by atoms with Gasteiger partial charge in [-0.05, 0) is 25.8 Å². The van der Waals surface area contributed by atoms with Gasteiger partial charge in [0.05, 0.1) is 6.10 Å². The zero-order chi connectivity index (χ0) is 10.3. The summed E-state index contributed by atoms with van der Waals surface area (Å²) >= 11 is 0. The van der Waals surface area contributed by atoms with Crippen LogP contribution in [0.2, 0.25) is 0 Å². The van der Waals surface area contributed by atoms with Gasteiger partial charge in [-0.1, -0.05) is 0 Å². The lowest BCUT2D eigenvalue weighted by Gasteiger charge is -2.16. The first kappa shape index (κ1) is 10.3. The lowest BCUT2D eigenvalue weighted by atomic mass is 10.0. The highest BCUT2D eigenvalue weighted by atomic mass is 19.3. The van der Waals surface area contributed by atoms with Crippen LogP contribution < -0.4 is 0 Å². The summed E-state index contributed by atoms with van der Waals surface area (Å²) in [5, 5.41) is 9.35. The lowest BCUT2D eigenvalue weighted by molar-refractivity contribution is 0.0871. The highest BCUT2D eigenvalue weighted by molar-refractivity contribution is 4.97. The van der Waals surface area contributed by atoms with Gasteiger partial charge in [-0.3, -0.25) is 0 Å². The number of aliphatic hydroxyl groups excluding tert-OH is 1. The molecule has 0 bridgehead atoms. The number of hydrogen-bond acceptors (Lipinski definition) is 2. The maximum Gasteiger partial charge on any atom is 0.252 e. The van der Waals surface area contributed by atoms with Crippen LogP contribution in [-0.4, -0.2) is 41.7 Å². The average Bonchev–Trinajstić information content (AvgIpc) is 2.51. The molecule has 1 N–H and O–H groups in total. The molecule has 1 aliphatic carbocycles. The first-order valence-electron chi connectivity index (χ1n) is 5.27. The van der Waals surface area contributed by atoms with Gasteiger partial charge in [0, 0.05) is 25.4 Å². The van der Waals surface area contributed by atoms with Gasteiger partial charge in [-0.2, -0.15) is 0 Å². The molecule has 0 aromatic carbocycles. The predicted octanol–water partition coefficient (Wildman–Crippen LogP) is 1.34. The second-order valence-corrected chi connectivity index (χ2v) is 4.71. The number of rotatable bonds is 3. The molecular weight excluding hydrogens is 188 g/mol. The van der Waals surface area contributed by atoms with Crippen molar-refractivity contribution in [1.29, 1.82) is 0 Å². The molecule has 4 heteroatoms. The summed E-state index contributed by atoms with van der Waals surface area (Å²) in [5.41, 5.74) is 0. The molecule has 0 aromatic heterocycles. The van der Waals surface area contributed by atoms with Gasteiger partial charge >= 0.3 is 0 Å². The molecule has 0 amide bonds. The molecule has 2 nitrogen and oxygen atoms in total. The van der Waals surface area contributed by atoms with E-state index >= 15 is 0 Å². The second-order valence-electron chi connectivity index (χ2n) is 4.71. The third-order valence-corrected chi connectivity index (χ3v) is 3.43. The third-order valence-electron chi connectivity index (χ3n) is 3.43. The van der Waals surface area contributed by atoms with Gasteiger partial charge < -0.3 is 10.0 Å². The number of likely N-dealkylation sites (tertiary alicyclic amines) is 1. The molecule has 0 radical (unpaired) electrons. The summed E-state index contributed by atoms with van der Waals surface area (Å²) in [5.74, 6) is -2.54. The average molecular weight is 205 g/mol. The van der Waals surface area contributed by atoms with Crippen molar-refractivity contribution in [3.63, 3.8) is 0 Å². The Morgan fingerprint density at radius 1 is 1.57 bits per heavy atom. The topological polar surface area (TPSA) is 23.5 Å². The van der Waals surface area contributed by atoms with Crippen molar-refractivity contribution in [3.05, 3.63) is 0 Å². The van der Waals surface area contributed by atoms with Crippen LogP contribution in [0.5, 0.6) is 0 Å². The molecule has 3 unspecified atom stereocenters. The standard InChI is InChI=1S/C10H17F2NO/c1-7(14)8-2-3-13(5-8)6-9-4-10(9,11)12/h7-9,14H,2-6H2,1H3. The van der Waals surface area contributed by atoms with Crippen molar-refractivity contribution >= 4 is 0 Å². The highest BCUT2D eigenvalue weighted by Crippen LogP contribution is 2.49. The van der Waals surface area contributed by atoms with Gasteiger partial charge in [0.25, 0.3) is 5.92 Å². The Hall–Kier alpha value is -0.220. The fourth-order valence-corrected chi connectivity index (χ4v) is 2.20. The largest absolute Gasteiger partial charge is 0.393 e. The number of nitrogens with zero attached hydrogens (tertiary/aromatic N) is 1. The van der Waals surface area contributed by atoms with E-state index in [1.807, 2.05) is 0 Å². The van der Waals surface area contributed by atoms with E-state index in [2.05, 4.69) is 4.90 Å². The second kappa shape index (κ2) is 3.42. The highest BCUT2D eigenvalue weighted by Gasteiger charge is 2.57. The monoisotopic (exact) mass is 205 g/mol. The quantitative estimate of drug-likeness (QED) is 0.751. The normalized spacial score (nSPS) is 38.6. The van der Waals surface area contributed by atoms with Gasteiger partial charge in [0.15, 0.2) is 0 Å². The molecule has 0 aromatic rings. The van der Waals surface area contributed by atoms with E-state index in [9.17, 15) is 13.9 Å². The Labute approximate surface area is 82.9 Å². The fourth-order valence-electron chi connectivity index (χ4n) is 2.20. The molecule has 2 rings (SSSR count). The van der Waals surface area contributed by atoms with Crippen LogP contribution in [0, 0.1) is 11.8 Å². The summed E-state index contributed by atoms with van der Waals surface area (Å²) < 4.78 is 25.3. The molecule has 82 valence electrons. The van der Waals surface area contributed by atoms with Crippen LogP contribution in [0.4, 0.5) is 8.78 Å². The number of alkyl halides is 2. The Morgan fingerprint density at radius 2 is 2.21 bits per heavy atom. The fraction of sp³-hybridized carbons (Fsp3) is 1.00. The lowest BCUT2D eigenvalue weighted by Crippen LogP contribution is -2.27. The smallest absolute Gasteiger partial charge is 0.252 e. The molecular formula is C10H17F2NO. The van der Waals surface area contributed by atoms with Crippen molar-refractivity contribution in [2.24, 2.45) is 11.8 Å². The summed E-state index contributed by atoms with van der Waals surface area (Å²) in [4.78, 5) is 2.06. The zero-order valence-electron chi connectivity index (χ0n) is 8.42. The Balaban J connectivity index is 1.75. The number of hydrogen-bond donors (Lipinski definition) is 1. The van der Waals surface area contributed by atoms with E-state index in [-0.39, 0.29) is 18.4 Å². The maximum atomic E-state index is 12.6. The van der Waals surface area contributed by atoms with Crippen molar-refractivity contribution < 1.29 is 13.9 Å². The van der Waals surface area contributed by atoms with Crippen molar-refractivity contribution in [1.82, 2.24) is 4.90 Å². The van der Waals surface area contributed by atoms with E-state index in [1.54, 1.807) is 6.92 Å². The van der Waals surface area contributed by atoms with E-state index in [0.717, 1.165) is 19.5 Å². The summed E-state index contributed by atoms with van der Waals surface area (Å²) in [7, 11) is 0. The Kier molecular flexibility index (Phi) is 2.52. The molecule has 1 aliphatic heterocycles. The van der Waals surface area contributed by atoms with E-state index in [1.165, 1.54) is 0 Å². The molecule has 2 aliphatic rings. The minimum absolute atomic E-state index is 0.0584. The van der Waals surface area contributed by atoms with Crippen LogP contribution in [0.15, 0.2) is 0 Å². The van der Waals surface area contributed by atoms with E-state index in [4.69, 9.17) is 0 Å². The number of aliphatic hydroxyl groups is 1. The zero-order valence-corrected chi connectivity index (χ0v) is 8.42. The van der Waals surface area contributed by atoms with Gasteiger partial charge in [0.2, 0.25) is 0 Å². The van der Waals surface area contributed by atoms with Crippen LogP contribution in [0.25, 0.3) is 0 Å². The summed E-state index contributed by atoms with van der Waals surface area (Å²) in [6.45, 7) is 3.93. The molecule has 1 saturated heterocycles. The van der Waals surface area contributed by atoms with Gasteiger partial charge in [-0.15, -0.1) is 0 Å². The van der Waals surface area contributed by atoms with Crippen LogP contribution in [-0.2, 0) is 0 Å². The maximum absolute atomic E-state index is 12.6. The van der Waals surface area contributed by atoms with Crippen molar-refractivity contribution in [2.45, 2.75) is 31.8 Å². The Bertz CT molecular complexity index is 220. The Morgan fingerprint density at radius 3 is 2.64 bits per heavy atom. The van der Waals surface area contributed by atoms with Crippen LogP contribution in [0.1, 0.15) is 19.8 Å². The molecule has 0 spiro atoms. The number of halogens is 2. The molecule has 3 atom stereocenters. The summed E-state index contributed by atoms with van der Waals surface area (Å²) in [6, 6.07) is 0. The molecule has 14 heavy (non-hydrogen) atoms. The van der Waals surface area contributed by atoms with Gasteiger partial charge in [0.1, 0.15) is 0 Å². The molecule has 2 fully saturated rings. The van der Waals surface area contributed by atoms with Crippen molar-refractivity contribution in [3.8, 4) is 0 Å². The summed E-state index contributed by atoms with van der Waals surface area (Å²) in [6.07, 6.45) is 0.693. The minimum Gasteiger partial charge on any atom is -0.393 e. The molecule has 1 saturated carbocycles. The van der Waals surface area contributed by atoms with Crippen LogP contribution in [0.3, 0.4) is 0 Å². The minimum atomic E-state index is -2.40. The van der Waals surface area contributed by atoms with Crippen LogP contribution >= 0.6 is 0 Å². The van der Waals surface area contributed by atoms with Gasteiger partial charge in [-0.25, -0.2) is 8.78 Å². The molecule has 1 heterocycles. The predicted molar refractivity (Wildman–Crippen MR) is 49.3 cm³/mol. The first-order chi connectivity index (χ1) is 6.49. The van der Waals surface area contributed by atoms with E-state index in [0.29, 0.717) is 6.54 Å². The first-order valence-corrected chi connectivity index (χ1v) is 5.27. The third kappa shape index (κ3) is 2.06.